The maximum Gasteiger partial charge on any atom is 4.00 e. The molecule has 0 amide bonds. The zero-order chi connectivity index (χ0) is 20.8. The summed E-state index contributed by atoms with van der Waals surface area (Å²) in [7, 11) is 0. The fraction of sp³-hybridized carbons (Fsp3) is 0.214. The van der Waals surface area contributed by atoms with Crippen molar-refractivity contribution >= 4 is 0 Å². The third-order valence-electron chi connectivity index (χ3n) is 4.42. The van der Waals surface area contributed by atoms with Gasteiger partial charge in [-0.3, -0.25) is 12.2 Å². The Kier molecular flexibility index (Phi) is 14.8. The first-order valence-electron chi connectivity index (χ1n) is 9.63. The zero-order valence-corrected chi connectivity index (χ0v) is 20.7. The summed E-state index contributed by atoms with van der Waals surface area (Å²) in [5.74, 6) is 0. The predicted octanol–water partition coefficient (Wildman–Crippen LogP) is 7.91. The average Bonchev–Trinajstić information content (AvgIpc) is 3.25. The molecule has 0 heterocycles. The van der Waals surface area contributed by atoms with Crippen molar-refractivity contribution in [2.75, 3.05) is 0 Å². The summed E-state index contributed by atoms with van der Waals surface area (Å²) >= 11 is 0. The Balaban J connectivity index is 0.000000356. The molecule has 0 aliphatic heterocycles. The molecule has 0 unspecified atom stereocenters. The molecule has 0 radical (unpaired) electrons. The number of rotatable bonds is 0. The first kappa shape index (κ1) is 27.0. The SMILES string of the molecule is CC1=[C-]CC=C1C.CC1=[C-]CC=C1C.[CH2-]c1ccccc1.[CH2-]c1ccccc1.[Zr+4]. The molecule has 0 N–H and O–H groups in total. The summed E-state index contributed by atoms with van der Waals surface area (Å²) in [6.45, 7) is 15.9. The number of hydrogen-bond donors (Lipinski definition) is 0. The van der Waals surface area contributed by atoms with E-state index in [2.05, 4.69) is 65.8 Å². The Morgan fingerprint density at radius 2 is 0.897 bits per heavy atom. The smallest absolute Gasteiger partial charge is 0.270 e. The summed E-state index contributed by atoms with van der Waals surface area (Å²) in [6, 6.07) is 19.7. The van der Waals surface area contributed by atoms with Crippen molar-refractivity contribution in [3.05, 3.63) is 132 Å². The molecule has 1 heteroatoms. The zero-order valence-electron chi connectivity index (χ0n) is 18.3. The Labute approximate surface area is 198 Å². The van der Waals surface area contributed by atoms with Gasteiger partial charge in [0.05, 0.1) is 0 Å². The molecule has 0 spiro atoms. The predicted molar refractivity (Wildman–Crippen MR) is 123 cm³/mol. The molecule has 0 bridgehead atoms. The van der Waals surface area contributed by atoms with Gasteiger partial charge in [-0.25, -0.2) is 22.3 Å². The Morgan fingerprint density at radius 1 is 0.586 bits per heavy atom. The molecule has 0 atom stereocenters. The van der Waals surface area contributed by atoms with E-state index in [1.807, 2.05) is 60.7 Å². The van der Waals surface area contributed by atoms with Gasteiger partial charge in [0, 0.05) is 0 Å². The fourth-order valence-electron chi connectivity index (χ4n) is 2.26. The van der Waals surface area contributed by atoms with E-state index in [1.54, 1.807) is 0 Å². The molecular formula is C28H32Zr. The third kappa shape index (κ3) is 13.0. The van der Waals surface area contributed by atoms with Crippen LogP contribution in [-0.2, 0) is 26.2 Å². The van der Waals surface area contributed by atoms with E-state index >= 15 is 0 Å². The molecule has 0 nitrogen and oxygen atoms in total. The summed E-state index contributed by atoms with van der Waals surface area (Å²) in [5.41, 5.74) is 7.56. The van der Waals surface area contributed by atoms with E-state index in [9.17, 15) is 0 Å². The van der Waals surface area contributed by atoms with E-state index < -0.39 is 0 Å². The Hall–Kier alpha value is -1.98. The van der Waals surface area contributed by atoms with Crippen molar-refractivity contribution in [2.45, 2.75) is 40.5 Å². The van der Waals surface area contributed by atoms with Crippen molar-refractivity contribution < 1.29 is 26.2 Å². The van der Waals surface area contributed by atoms with Crippen molar-refractivity contribution in [3.8, 4) is 0 Å². The molecule has 2 aliphatic rings. The monoisotopic (exact) mass is 458 g/mol. The van der Waals surface area contributed by atoms with Crippen LogP contribution in [0.2, 0.25) is 0 Å². The van der Waals surface area contributed by atoms with Gasteiger partial charge in [0.25, 0.3) is 0 Å². The van der Waals surface area contributed by atoms with Gasteiger partial charge in [-0.15, -0.1) is 51.0 Å². The third-order valence-corrected chi connectivity index (χ3v) is 4.42. The van der Waals surface area contributed by atoms with E-state index in [0.717, 1.165) is 24.0 Å². The fourth-order valence-corrected chi connectivity index (χ4v) is 2.26. The molecule has 2 aromatic carbocycles. The second kappa shape index (κ2) is 15.9. The van der Waals surface area contributed by atoms with Crippen LogP contribution in [0.3, 0.4) is 0 Å². The molecule has 0 saturated carbocycles. The minimum absolute atomic E-state index is 0. The topological polar surface area (TPSA) is 0 Å². The average molecular weight is 460 g/mol. The summed E-state index contributed by atoms with van der Waals surface area (Å²) in [5, 5.41) is 0. The minimum atomic E-state index is 0. The minimum Gasteiger partial charge on any atom is -0.270 e. The largest absolute Gasteiger partial charge is 4.00 e. The molecular weight excluding hydrogens is 428 g/mol. The maximum absolute atomic E-state index is 3.72. The number of allylic oxidation sites excluding steroid dienone is 8. The second-order valence-electron chi connectivity index (χ2n) is 6.76. The van der Waals surface area contributed by atoms with Gasteiger partial charge in [0.2, 0.25) is 0 Å². The molecule has 148 valence electrons. The van der Waals surface area contributed by atoms with E-state index in [0.29, 0.717) is 0 Å². The van der Waals surface area contributed by atoms with Crippen LogP contribution in [0.1, 0.15) is 51.7 Å². The molecule has 29 heavy (non-hydrogen) atoms. The van der Waals surface area contributed by atoms with Crippen LogP contribution in [0, 0.1) is 26.0 Å². The van der Waals surface area contributed by atoms with E-state index in [4.69, 9.17) is 0 Å². The van der Waals surface area contributed by atoms with Gasteiger partial charge in [0.1, 0.15) is 0 Å². The normalized spacial score (nSPS) is 13.4. The second-order valence-corrected chi connectivity index (χ2v) is 6.76. The van der Waals surface area contributed by atoms with Crippen LogP contribution in [0.4, 0.5) is 0 Å². The summed E-state index contributed by atoms with van der Waals surface area (Å²) in [4.78, 5) is 0. The van der Waals surface area contributed by atoms with Gasteiger partial charge in [0.15, 0.2) is 0 Å². The van der Waals surface area contributed by atoms with Crippen molar-refractivity contribution in [3.63, 3.8) is 0 Å². The maximum atomic E-state index is 3.72. The standard InChI is InChI=1S/2C7H9.2C7H7.Zr/c2*1-6-4-3-5-7(6)2;2*1-7-5-3-2-4-6-7;/h2*4H,3H2,1-2H3;2*2-6H,1H2;/q4*-1;+4. The Morgan fingerprint density at radius 3 is 1.00 bits per heavy atom. The van der Waals surface area contributed by atoms with E-state index in [-0.39, 0.29) is 26.2 Å². The van der Waals surface area contributed by atoms with Crippen LogP contribution in [0.25, 0.3) is 0 Å². The summed E-state index contributed by atoms with van der Waals surface area (Å²) < 4.78 is 0. The molecule has 2 aromatic rings. The van der Waals surface area contributed by atoms with Crippen LogP contribution >= 0.6 is 0 Å². The molecule has 4 rings (SSSR count). The molecule has 2 aliphatic carbocycles. The number of benzene rings is 2. The van der Waals surface area contributed by atoms with Gasteiger partial charge in [-0.05, 0) is 0 Å². The summed E-state index contributed by atoms with van der Waals surface area (Å²) in [6.07, 6.45) is 12.8. The quantitative estimate of drug-likeness (QED) is 0.351. The first-order valence-corrected chi connectivity index (χ1v) is 9.63. The molecule has 0 fully saturated rings. The van der Waals surface area contributed by atoms with Crippen LogP contribution < -0.4 is 0 Å². The van der Waals surface area contributed by atoms with Crippen molar-refractivity contribution in [1.29, 1.82) is 0 Å². The van der Waals surface area contributed by atoms with Gasteiger partial charge >= 0.3 is 26.2 Å². The van der Waals surface area contributed by atoms with Gasteiger partial charge < -0.3 is 0 Å². The van der Waals surface area contributed by atoms with E-state index in [1.165, 1.54) is 22.3 Å². The van der Waals surface area contributed by atoms with Gasteiger partial charge in [-0.2, -0.15) is 61.4 Å². The van der Waals surface area contributed by atoms with Crippen LogP contribution in [0.15, 0.2) is 95.1 Å². The van der Waals surface area contributed by atoms with Crippen LogP contribution in [0.5, 0.6) is 0 Å². The Bertz CT molecular complexity index is 702. The molecule has 0 saturated heterocycles. The van der Waals surface area contributed by atoms with Gasteiger partial charge in [-0.1, -0.05) is 26.0 Å². The number of hydrogen-bond acceptors (Lipinski definition) is 0. The molecule has 0 aromatic heterocycles. The van der Waals surface area contributed by atoms with Crippen molar-refractivity contribution in [1.82, 2.24) is 0 Å². The first-order chi connectivity index (χ1) is 13.4. The van der Waals surface area contributed by atoms with Crippen LogP contribution in [-0.4, -0.2) is 0 Å². The van der Waals surface area contributed by atoms with Crippen molar-refractivity contribution in [2.24, 2.45) is 0 Å².